The first-order chi connectivity index (χ1) is 14.3. The van der Waals surface area contributed by atoms with Crippen LogP contribution in [0.4, 0.5) is 5.69 Å². The van der Waals surface area contributed by atoms with Crippen molar-refractivity contribution in [3.05, 3.63) is 59.2 Å². The van der Waals surface area contributed by atoms with Gasteiger partial charge in [0.2, 0.25) is 0 Å². The molecule has 0 radical (unpaired) electrons. The number of rotatable bonds is 3. The second-order valence-corrected chi connectivity index (χ2v) is 9.87. The monoisotopic (exact) mass is 405 g/mol. The number of fused-ring (bicyclic) bond motifs is 4. The van der Waals surface area contributed by atoms with Gasteiger partial charge in [-0.1, -0.05) is 30.3 Å². The lowest BCUT2D eigenvalue weighted by Crippen LogP contribution is -2.48. The Morgan fingerprint density at radius 2 is 1.97 bits per heavy atom. The van der Waals surface area contributed by atoms with Crippen molar-refractivity contribution < 1.29 is 4.79 Å². The lowest BCUT2D eigenvalue weighted by atomic mass is 9.89. The van der Waals surface area contributed by atoms with Crippen LogP contribution in [0, 0.1) is 0 Å². The molecule has 0 bridgehead atoms. The van der Waals surface area contributed by atoms with Crippen LogP contribution in [-0.2, 0) is 6.54 Å². The fraction of sp³-hybridized carbons (Fsp3) is 0.458. The number of hydrogen-bond acceptors (Lipinski definition) is 4. The van der Waals surface area contributed by atoms with Crippen LogP contribution in [0.2, 0.25) is 0 Å². The van der Waals surface area contributed by atoms with Crippen LogP contribution in [-0.4, -0.2) is 60.2 Å². The van der Waals surface area contributed by atoms with Gasteiger partial charge in [0, 0.05) is 61.7 Å². The summed E-state index contributed by atoms with van der Waals surface area (Å²) >= 11 is 2.04. The van der Waals surface area contributed by atoms with Gasteiger partial charge in [0.25, 0.3) is 5.91 Å². The Bertz CT molecular complexity index is 961. The summed E-state index contributed by atoms with van der Waals surface area (Å²) in [4.78, 5) is 21.5. The molecule has 1 fully saturated rings. The van der Waals surface area contributed by atoms with Crippen molar-refractivity contribution in [1.82, 2.24) is 9.80 Å². The number of likely N-dealkylation sites (tertiary alicyclic amines) is 1. The highest BCUT2D eigenvalue weighted by molar-refractivity contribution is 7.99. The van der Waals surface area contributed by atoms with Crippen LogP contribution in [0.15, 0.2) is 47.4 Å². The van der Waals surface area contributed by atoms with Crippen molar-refractivity contribution in [1.29, 1.82) is 0 Å². The fourth-order valence-corrected chi connectivity index (χ4v) is 6.81. The molecule has 0 saturated carbocycles. The van der Waals surface area contributed by atoms with Gasteiger partial charge < -0.3 is 14.7 Å². The maximum atomic E-state index is 12.7. The van der Waals surface area contributed by atoms with Gasteiger partial charge in [-0.25, -0.2) is 0 Å². The van der Waals surface area contributed by atoms with E-state index >= 15 is 0 Å². The zero-order valence-electron chi connectivity index (χ0n) is 16.7. The molecule has 0 spiro atoms. The zero-order chi connectivity index (χ0) is 19.4. The predicted octanol–water partition coefficient (Wildman–Crippen LogP) is 3.82. The van der Waals surface area contributed by atoms with Crippen molar-refractivity contribution in [3.63, 3.8) is 0 Å². The summed E-state index contributed by atoms with van der Waals surface area (Å²) in [6.07, 6.45) is 2.51. The third-order valence-corrected chi connectivity index (χ3v) is 8.29. The summed E-state index contributed by atoms with van der Waals surface area (Å²) in [5, 5.41) is 0. The van der Waals surface area contributed by atoms with Crippen LogP contribution in [0.25, 0.3) is 0 Å². The van der Waals surface area contributed by atoms with Crippen LogP contribution in [0.1, 0.15) is 40.2 Å². The molecule has 29 heavy (non-hydrogen) atoms. The number of amides is 1. The highest BCUT2D eigenvalue weighted by atomic mass is 32.2. The molecule has 0 aromatic heterocycles. The fourth-order valence-electron chi connectivity index (χ4n) is 5.77. The van der Waals surface area contributed by atoms with E-state index in [1.165, 1.54) is 41.3 Å². The van der Waals surface area contributed by atoms with Gasteiger partial charge >= 0.3 is 0 Å². The van der Waals surface area contributed by atoms with Gasteiger partial charge in [0.05, 0.1) is 5.69 Å². The standard InChI is InChI=1S/C24H27N3OS/c28-24-18-6-2-1-5-17(18)15-26(24)13-12-25-11-9-21-20(16-25)19-7-3-8-22-23(19)27(21)10-4-14-29-22/h1-3,5-8,20-21H,4,9-16H2/t20-,21-/m1/s1. The van der Waals surface area contributed by atoms with Gasteiger partial charge in [0.15, 0.2) is 0 Å². The first-order valence-corrected chi connectivity index (χ1v) is 11.9. The van der Waals surface area contributed by atoms with E-state index < -0.39 is 0 Å². The minimum atomic E-state index is 0.205. The molecule has 1 amide bonds. The number of hydrogen-bond donors (Lipinski definition) is 0. The van der Waals surface area contributed by atoms with Gasteiger partial charge in [-0.15, -0.1) is 11.8 Å². The molecule has 4 aliphatic rings. The average Bonchev–Trinajstić information content (AvgIpc) is 3.14. The summed E-state index contributed by atoms with van der Waals surface area (Å²) < 4.78 is 0. The van der Waals surface area contributed by atoms with Crippen molar-refractivity contribution in [3.8, 4) is 0 Å². The Kier molecular flexibility index (Phi) is 4.35. The van der Waals surface area contributed by atoms with Crippen LogP contribution < -0.4 is 4.90 Å². The Morgan fingerprint density at radius 1 is 1.03 bits per heavy atom. The summed E-state index contributed by atoms with van der Waals surface area (Å²) in [7, 11) is 0. The van der Waals surface area contributed by atoms with Gasteiger partial charge in [0.1, 0.15) is 0 Å². The largest absolute Gasteiger partial charge is 0.367 e. The first-order valence-electron chi connectivity index (χ1n) is 10.9. The summed E-state index contributed by atoms with van der Waals surface area (Å²) in [6, 6.07) is 15.7. The molecule has 0 aliphatic carbocycles. The van der Waals surface area contributed by atoms with E-state index in [-0.39, 0.29) is 5.91 Å². The Balaban J connectivity index is 1.16. The molecular formula is C24H27N3OS. The molecule has 6 rings (SSSR count). The lowest BCUT2D eigenvalue weighted by Gasteiger charge is -2.39. The minimum absolute atomic E-state index is 0.205. The van der Waals surface area contributed by atoms with Crippen LogP contribution >= 0.6 is 11.8 Å². The quantitative estimate of drug-likeness (QED) is 0.776. The Hall–Kier alpha value is -1.98. The van der Waals surface area contributed by atoms with E-state index in [0.717, 1.165) is 38.3 Å². The highest BCUT2D eigenvalue weighted by Gasteiger charge is 2.43. The molecular weight excluding hydrogens is 378 g/mol. The zero-order valence-corrected chi connectivity index (χ0v) is 17.5. The second-order valence-electron chi connectivity index (χ2n) is 8.74. The van der Waals surface area contributed by atoms with Crippen molar-refractivity contribution in [2.24, 2.45) is 0 Å². The number of carbonyl (C=O) groups excluding carboxylic acids is 1. The smallest absolute Gasteiger partial charge is 0.254 e. The molecule has 150 valence electrons. The molecule has 2 atom stereocenters. The number of anilines is 1. The number of thioether (sulfide) groups is 1. The molecule has 5 heteroatoms. The molecule has 1 saturated heterocycles. The topological polar surface area (TPSA) is 26.8 Å². The van der Waals surface area contributed by atoms with Gasteiger partial charge in [-0.05, 0) is 41.9 Å². The van der Waals surface area contributed by atoms with Crippen molar-refractivity contribution >= 4 is 23.4 Å². The maximum Gasteiger partial charge on any atom is 0.254 e. The third-order valence-electron chi connectivity index (χ3n) is 7.16. The number of nitrogens with zero attached hydrogens (tertiary/aromatic N) is 3. The molecule has 4 heterocycles. The second kappa shape index (κ2) is 7.06. The highest BCUT2D eigenvalue weighted by Crippen LogP contribution is 2.50. The molecule has 0 unspecified atom stereocenters. The third kappa shape index (κ3) is 2.89. The van der Waals surface area contributed by atoms with E-state index in [1.54, 1.807) is 5.56 Å². The summed E-state index contributed by atoms with van der Waals surface area (Å²) in [6.45, 7) is 6.05. The first kappa shape index (κ1) is 17.8. The Morgan fingerprint density at radius 3 is 2.90 bits per heavy atom. The number of benzene rings is 2. The van der Waals surface area contributed by atoms with Crippen LogP contribution in [0.5, 0.6) is 0 Å². The van der Waals surface area contributed by atoms with Crippen molar-refractivity contribution in [2.45, 2.75) is 36.2 Å². The minimum Gasteiger partial charge on any atom is -0.367 e. The number of para-hydroxylation sites is 1. The molecule has 0 N–H and O–H groups in total. The van der Waals surface area contributed by atoms with E-state index in [2.05, 4.69) is 34.1 Å². The van der Waals surface area contributed by atoms with E-state index in [9.17, 15) is 4.79 Å². The molecule has 4 aliphatic heterocycles. The van der Waals surface area contributed by atoms with Gasteiger partial charge in [-0.2, -0.15) is 0 Å². The summed E-state index contributed by atoms with van der Waals surface area (Å²) in [5.41, 5.74) is 5.18. The van der Waals surface area contributed by atoms with E-state index in [4.69, 9.17) is 0 Å². The molecule has 2 aromatic rings. The maximum absolute atomic E-state index is 12.7. The molecule has 4 nitrogen and oxygen atoms in total. The summed E-state index contributed by atoms with van der Waals surface area (Å²) in [5.74, 6) is 2.06. The van der Waals surface area contributed by atoms with Crippen molar-refractivity contribution in [2.75, 3.05) is 43.4 Å². The van der Waals surface area contributed by atoms with Gasteiger partial charge in [-0.3, -0.25) is 4.79 Å². The SMILES string of the molecule is O=C1c2ccccc2CN1CCN1CC[C@@H]2[C@H](C1)c1cccc3c1N2CCCS3. The van der Waals surface area contributed by atoms with E-state index in [0.29, 0.717) is 12.0 Å². The number of carbonyl (C=O) groups is 1. The lowest BCUT2D eigenvalue weighted by molar-refractivity contribution is 0.0747. The molecule has 2 aromatic carbocycles. The van der Waals surface area contributed by atoms with E-state index in [1.807, 2.05) is 34.9 Å². The average molecular weight is 406 g/mol. The normalized spacial score (nSPS) is 25.6. The number of piperidine rings is 1. The Labute approximate surface area is 176 Å². The van der Waals surface area contributed by atoms with Crippen LogP contribution in [0.3, 0.4) is 0 Å². The predicted molar refractivity (Wildman–Crippen MR) is 118 cm³/mol.